The first kappa shape index (κ1) is 22.0. The van der Waals surface area contributed by atoms with Gasteiger partial charge in [0.1, 0.15) is 11.0 Å². The van der Waals surface area contributed by atoms with Crippen molar-refractivity contribution in [2.24, 2.45) is 0 Å². The molecule has 1 aromatic heterocycles. The average molecular weight is 450 g/mol. The number of carbonyl (C=O) groups excluding carboxylic acids is 2. The standard InChI is InChI=1S/C24H27N5O2S/c1-15(2)17-10-12-19(13-11-17)25-24(31)29-14-4-5-20(29)21(30)26-23-28-27-22(32-23)18-8-6-16(3)7-9-18/h6-13,15,20H,4-5,14H2,1-3H3,(H,25,31)(H,26,28,30). The van der Waals surface area contributed by atoms with Gasteiger partial charge in [0.05, 0.1) is 0 Å². The minimum absolute atomic E-state index is 0.237. The molecule has 32 heavy (non-hydrogen) atoms. The van der Waals surface area contributed by atoms with E-state index < -0.39 is 6.04 Å². The van der Waals surface area contributed by atoms with Crippen LogP contribution in [0.25, 0.3) is 10.6 Å². The van der Waals surface area contributed by atoms with E-state index in [0.29, 0.717) is 24.0 Å². The fourth-order valence-electron chi connectivity index (χ4n) is 3.70. The fraction of sp³-hybridized carbons (Fsp3) is 0.333. The molecule has 2 heterocycles. The summed E-state index contributed by atoms with van der Waals surface area (Å²) in [6, 6.07) is 15.0. The van der Waals surface area contributed by atoms with Crippen molar-refractivity contribution in [1.29, 1.82) is 0 Å². The Kier molecular flexibility index (Phi) is 6.50. The van der Waals surface area contributed by atoms with Gasteiger partial charge in [-0.1, -0.05) is 67.1 Å². The molecule has 7 nitrogen and oxygen atoms in total. The summed E-state index contributed by atoms with van der Waals surface area (Å²) in [5.74, 6) is 0.192. The third-order valence-electron chi connectivity index (χ3n) is 5.60. The molecule has 1 saturated heterocycles. The van der Waals surface area contributed by atoms with Crippen molar-refractivity contribution in [3.63, 3.8) is 0 Å². The molecule has 3 aromatic rings. The quantitative estimate of drug-likeness (QED) is 0.555. The van der Waals surface area contributed by atoms with Crippen molar-refractivity contribution in [2.45, 2.75) is 45.6 Å². The van der Waals surface area contributed by atoms with Gasteiger partial charge in [-0.05, 0) is 43.4 Å². The maximum atomic E-state index is 12.9. The van der Waals surface area contributed by atoms with Crippen LogP contribution in [0.5, 0.6) is 0 Å². The van der Waals surface area contributed by atoms with Gasteiger partial charge in [-0.2, -0.15) is 0 Å². The van der Waals surface area contributed by atoms with Crippen LogP contribution in [0.1, 0.15) is 43.7 Å². The van der Waals surface area contributed by atoms with Gasteiger partial charge in [0.2, 0.25) is 11.0 Å². The third-order valence-corrected chi connectivity index (χ3v) is 6.49. The lowest BCUT2D eigenvalue weighted by Crippen LogP contribution is -2.45. The second-order valence-electron chi connectivity index (χ2n) is 8.33. The molecule has 0 saturated carbocycles. The Bertz CT molecular complexity index is 1090. The summed E-state index contributed by atoms with van der Waals surface area (Å²) in [4.78, 5) is 27.3. The normalized spacial score (nSPS) is 15.8. The van der Waals surface area contributed by atoms with E-state index in [1.807, 2.05) is 55.5 Å². The number of rotatable bonds is 5. The highest BCUT2D eigenvalue weighted by molar-refractivity contribution is 7.18. The van der Waals surface area contributed by atoms with Crippen LogP contribution in [0, 0.1) is 6.92 Å². The monoisotopic (exact) mass is 449 g/mol. The molecule has 0 spiro atoms. The molecule has 2 aromatic carbocycles. The van der Waals surface area contributed by atoms with E-state index in [4.69, 9.17) is 0 Å². The molecule has 166 valence electrons. The van der Waals surface area contributed by atoms with Gasteiger partial charge in [0.25, 0.3) is 0 Å². The zero-order chi connectivity index (χ0) is 22.7. The number of likely N-dealkylation sites (tertiary alicyclic amines) is 1. The first-order valence-corrected chi connectivity index (χ1v) is 11.6. The molecule has 1 unspecified atom stereocenters. The molecule has 8 heteroatoms. The number of urea groups is 1. The topological polar surface area (TPSA) is 87.2 Å². The summed E-state index contributed by atoms with van der Waals surface area (Å²) in [6.45, 7) is 6.82. The molecule has 2 N–H and O–H groups in total. The summed E-state index contributed by atoms with van der Waals surface area (Å²) in [5.41, 5.74) is 4.06. The van der Waals surface area contributed by atoms with Crippen LogP contribution in [-0.2, 0) is 4.79 Å². The SMILES string of the molecule is Cc1ccc(-c2nnc(NC(=O)C3CCCN3C(=O)Nc3ccc(C(C)C)cc3)s2)cc1. The van der Waals surface area contributed by atoms with Gasteiger partial charge in [0.15, 0.2) is 0 Å². The zero-order valence-corrected chi connectivity index (χ0v) is 19.3. The van der Waals surface area contributed by atoms with Gasteiger partial charge in [-0.3, -0.25) is 10.1 Å². The number of nitrogens with zero attached hydrogens (tertiary/aromatic N) is 3. The second-order valence-corrected chi connectivity index (χ2v) is 9.30. The van der Waals surface area contributed by atoms with Crippen LogP contribution in [0.4, 0.5) is 15.6 Å². The zero-order valence-electron chi connectivity index (χ0n) is 18.5. The minimum atomic E-state index is -0.531. The lowest BCUT2D eigenvalue weighted by atomic mass is 10.0. The number of nitrogens with one attached hydrogen (secondary N) is 2. The maximum absolute atomic E-state index is 12.9. The number of hydrogen-bond donors (Lipinski definition) is 2. The lowest BCUT2D eigenvalue weighted by Gasteiger charge is -2.24. The summed E-state index contributed by atoms with van der Waals surface area (Å²) in [6.07, 6.45) is 1.40. The smallest absolute Gasteiger partial charge is 0.312 e. The highest BCUT2D eigenvalue weighted by Crippen LogP contribution is 2.28. The summed E-state index contributed by atoms with van der Waals surface area (Å²) in [7, 11) is 0. The van der Waals surface area contributed by atoms with E-state index >= 15 is 0 Å². The number of anilines is 2. The average Bonchev–Trinajstić information content (AvgIpc) is 3.44. The van der Waals surface area contributed by atoms with Crippen molar-refractivity contribution >= 4 is 34.1 Å². The highest BCUT2D eigenvalue weighted by Gasteiger charge is 2.34. The Hall–Kier alpha value is -3.26. The van der Waals surface area contributed by atoms with E-state index in [2.05, 4.69) is 34.7 Å². The van der Waals surface area contributed by atoms with Crippen LogP contribution < -0.4 is 10.6 Å². The number of aromatic nitrogens is 2. The van der Waals surface area contributed by atoms with Crippen molar-refractivity contribution in [3.05, 3.63) is 59.7 Å². The first-order chi connectivity index (χ1) is 15.4. The van der Waals surface area contributed by atoms with E-state index in [0.717, 1.165) is 22.7 Å². The Morgan fingerprint density at radius 2 is 1.75 bits per heavy atom. The van der Waals surface area contributed by atoms with Crippen molar-refractivity contribution in [2.75, 3.05) is 17.2 Å². The molecule has 1 aliphatic heterocycles. The van der Waals surface area contributed by atoms with E-state index in [9.17, 15) is 9.59 Å². The predicted molar refractivity (Wildman–Crippen MR) is 128 cm³/mol. The summed E-state index contributed by atoms with van der Waals surface area (Å²) < 4.78 is 0. The van der Waals surface area contributed by atoms with Gasteiger partial charge in [0, 0.05) is 17.8 Å². The molecule has 3 amide bonds. The third kappa shape index (κ3) is 4.96. The molecule has 1 atom stereocenters. The summed E-state index contributed by atoms with van der Waals surface area (Å²) >= 11 is 1.32. The largest absolute Gasteiger partial charge is 0.322 e. The highest BCUT2D eigenvalue weighted by atomic mass is 32.1. The Morgan fingerprint density at radius 1 is 1.03 bits per heavy atom. The molecule has 0 aliphatic carbocycles. The van der Waals surface area contributed by atoms with Gasteiger partial charge >= 0.3 is 6.03 Å². The number of benzene rings is 2. The number of aryl methyl sites for hydroxylation is 1. The Morgan fingerprint density at radius 3 is 2.44 bits per heavy atom. The first-order valence-electron chi connectivity index (χ1n) is 10.8. The van der Waals surface area contributed by atoms with Crippen LogP contribution in [0.2, 0.25) is 0 Å². The second kappa shape index (κ2) is 9.48. The van der Waals surface area contributed by atoms with Gasteiger partial charge in [-0.15, -0.1) is 10.2 Å². The fourth-order valence-corrected chi connectivity index (χ4v) is 4.46. The van der Waals surface area contributed by atoms with Crippen molar-refractivity contribution < 1.29 is 9.59 Å². The van der Waals surface area contributed by atoms with Crippen LogP contribution in [0.3, 0.4) is 0 Å². The van der Waals surface area contributed by atoms with Gasteiger partial charge in [-0.25, -0.2) is 4.79 Å². The summed E-state index contributed by atoms with van der Waals surface area (Å²) in [5, 5.41) is 15.2. The van der Waals surface area contributed by atoms with Crippen LogP contribution in [-0.4, -0.2) is 39.6 Å². The predicted octanol–water partition coefficient (Wildman–Crippen LogP) is 5.27. The maximum Gasteiger partial charge on any atom is 0.322 e. The minimum Gasteiger partial charge on any atom is -0.312 e. The van der Waals surface area contributed by atoms with E-state index in [-0.39, 0.29) is 11.9 Å². The Labute approximate surface area is 191 Å². The molecular formula is C24H27N5O2S. The van der Waals surface area contributed by atoms with E-state index in [1.165, 1.54) is 22.5 Å². The van der Waals surface area contributed by atoms with Gasteiger partial charge < -0.3 is 10.2 Å². The molecule has 4 rings (SSSR count). The van der Waals surface area contributed by atoms with Crippen LogP contribution >= 0.6 is 11.3 Å². The Balaban J connectivity index is 1.39. The number of hydrogen-bond acceptors (Lipinski definition) is 5. The molecule has 0 radical (unpaired) electrons. The van der Waals surface area contributed by atoms with E-state index in [1.54, 1.807) is 4.90 Å². The van der Waals surface area contributed by atoms with Crippen molar-refractivity contribution in [1.82, 2.24) is 15.1 Å². The molecule has 0 bridgehead atoms. The molecule has 1 aliphatic rings. The number of amides is 3. The molecular weight excluding hydrogens is 422 g/mol. The number of carbonyl (C=O) groups is 2. The molecule has 1 fully saturated rings. The van der Waals surface area contributed by atoms with Crippen LogP contribution in [0.15, 0.2) is 48.5 Å². The van der Waals surface area contributed by atoms with Crippen molar-refractivity contribution in [3.8, 4) is 10.6 Å². The lowest BCUT2D eigenvalue weighted by molar-refractivity contribution is -0.119.